The Morgan fingerprint density at radius 2 is 1.46 bits per heavy atom. The molecule has 7 nitrogen and oxygen atoms in total. The van der Waals surface area contributed by atoms with Crippen molar-refractivity contribution in [1.82, 2.24) is 0 Å². The minimum Gasteiger partial charge on any atom is -0.423 e. The van der Waals surface area contributed by atoms with Gasteiger partial charge >= 0.3 is 11.9 Å². The Balaban J connectivity index is 1.78. The van der Waals surface area contributed by atoms with Gasteiger partial charge in [0.2, 0.25) is 5.78 Å². The van der Waals surface area contributed by atoms with Crippen LogP contribution >= 0.6 is 0 Å². The second-order valence-corrected chi connectivity index (χ2v) is 13.9. The lowest BCUT2D eigenvalue weighted by molar-refractivity contribution is -0.146. The Morgan fingerprint density at radius 3 is 2.10 bits per heavy atom. The van der Waals surface area contributed by atoms with Gasteiger partial charge in [-0.25, -0.2) is 9.59 Å². The smallest absolute Gasteiger partial charge is 0.379 e. The first kappa shape index (κ1) is 38.7. The third-order valence-corrected chi connectivity index (χ3v) is 9.91. The maximum atomic E-state index is 12.9. The summed E-state index contributed by atoms with van der Waals surface area (Å²) in [5, 5.41) is 19.4. The lowest BCUT2D eigenvalue weighted by Gasteiger charge is -2.29. The van der Waals surface area contributed by atoms with Crippen LogP contribution in [0.4, 0.5) is 0 Å². The van der Waals surface area contributed by atoms with Crippen LogP contribution in [0, 0.1) is 12.8 Å². The number of ketones is 1. The summed E-state index contributed by atoms with van der Waals surface area (Å²) in [6, 6.07) is 16.1. The van der Waals surface area contributed by atoms with Crippen molar-refractivity contribution in [2.45, 2.75) is 111 Å². The Morgan fingerprint density at radius 1 is 0.760 bits per heavy atom. The molecule has 0 radical (unpaired) electrons. The van der Waals surface area contributed by atoms with Gasteiger partial charge in [0.25, 0.3) is 0 Å². The molecule has 0 unspecified atom stereocenters. The van der Waals surface area contributed by atoms with E-state index in [2.05, 4.69) is 44.7 Å². The highest BCUT2D eigenvalue weighted by molar-refractivity contribution is 6.33. The topological polar surface area (TPSA) is 110 Å². The summed E-state index contributed by atoms with van der Waals surface area (Å²) in [5.74, 6) is -0.144. The Bertz CT molecular complexity index is 1660. The molecule has 4 rings (SSSR count). The van der Waals surface area contributed by atoms with E-state index in [1.807, 2.05) is 18.2 Å². The van der Waals surface area contributed by atoms with E-state index < -0.39 is 17.7 Å². The van der Waals surface area contributed by atoms with Gasteiger partial charge in [-0.3, -0.25) is 4.79 Å². The number of aryl methyl sites for hydroxylation is 2. The summed E-state index contributed by atoms with van der Waals surface area (Å²) in [4.78, 5) is 36.8. The van der Waals surface area contributed by atoms with Gasteiger partial charge < -0.3 is 19.7 Å². The van der Waals surface area contributed by atoms with Crippen molar-refractivity contribution in [3.8, 4) is 33.8 Å². The number of unbranched alkanes of at least 4 members (excludes halogenated alkanes) is 2. The van der Waals surface area contributed by atoms with Crippen LogP contribution in [0.25, 0.3) is 22.3 Å². The number of ether oxygens (including phenoxy) is 2. The van der Waals surface area contributed by atoms with Gasteiger partial charge in [-0.05, 0) is 140 Å². The van der Waals surface area contributed by atoms with Crippen molar-refractivity contribution in [3.05, 3.63) is 82.9 Å². The number of Topliss-reactive ketones (excluding diaryl/α,β-unsaturated/α-hetero) is 1. The van der Waals surface area contributed by atoms with E-state index in [9.17, 15) is 24.6 Å². The molecule has 2 N–H and O–H groups in total. The Hall–Kier alpha value is -4.07. The van der Waals surface area contributed by atoms with E-state index in [4.69, 9.17) is 9.47 Å². The summed E-state index contributed by atoms with van der Waals surface area (Å²) < 4.78 is 11.4. The molecule has 268 valence electrons. The zero-order valence-electron chi connectivity index (χ0n) is 30.3. The van der Waals surface area contributed by atoms with E-state index in [1.165, 1.54) is 56.9 Å². The van der Waals surface area contributed by atoms with E-state index in [-0.39, 0.29) is 24.5 Å². The molecule has 0 bridgehead atoms. The fourth-order valence-electron chi connectivity index (χ4n) is 7.07. The van der Waals surface area contributed by atoms with Crippen LogP contribution in [0.3, 0.4) is 0 Å². The van der Waals surface area contributed by atoms with Crippen molar-refractivity contribution in [3.63, 3.8) is 0 Å². The van der Waals surface area contributed by atoms with Crippen molar-refractivity contribution in [1.29, 1.82) is 0 Å². The molecule has 1 saturated carbocycles. The largest absolute Gasteiger partial charge is 0.423 e. The fourth-order valence-corrected chi connectivity index (χ4v) is 7.07. The van der Waals surface area contributed by atoms with Crippen LogP contribution < -0.4 is 9.47 Å². The van der Waals surface area contributed by atoms with Crippen LogP contribution in [0.1, 0.15) is 113 Å². The summed E-state index contributed by atoms with van der Waals surface area (Å²) in [6.07, 6.45) is 12.0. The number of rotatable bonds is 17. The zero-order chi connectivity index (χ0) is 36.2. The minimum absolute atomic E-state index is 0.0437. The maximum Gasteiger partial charge on any atom is 0.379 e. The van der Waals surface area contributed by atoms with E-state index in [0.29, 0.717) is 42.9 Å². The second-order valence-electron chi connectivity index (χ2n) is 13.9. The predicted molar refractivity (Wildman–Crippen MR) is 198 cm³/mol. The quantitative estimate of drug-likeness (QED) is 0.0481. The van der Waals surface area contributed by atoms with Gasteiger partial charge in [0.15, 0.2) is 0 Å². The highest BCUT2D eigenvalue weighted by Gasteiger charge is 2.24. The normalized spacial score (nSPS) is 15.8. The average Bonchev–Trinajstić information content (AvgIpc) is 3.10. The number of benzene rings is 3. The first-order chi connectivity index (χ1) is 24.1. The molecule has 0 atom stereocenters. The molecule has 0 heterocycles. The molecule has 50 heavy (non-hydrogen) atoms. The number of aliphatic hydroxyl groups excluding tert-OH is 2. The monoisotopic (exact) mass is 682 g/mol. The molecule has 0 spiro atoms. The molecule has 1 fully saturated rings. The Kier molecular flexibility index (Phi) is 14.6. The van der Waals surface area contributed by atoms with Crippen LogP contribution in [-0.2, 0) is 27.2 Å². The predicted octanol–water partition coefficient (Wildman–Crippen LogP) is 9.01. The molecule has 3 aromatic rings. The first-order valence-corrected chi connectivity index (χ1v) is 18.3. The van der Waals surface area contributed by atoms with Crippen molar-refractivity contribution in [2.75, 3.05) is 13.2 Å². The molecule has 1 aliphatic carbocycles. The number of esters is 2. The molecular weight excluding hydrogens is 628 g/mol. The minimum atomic E-state index is -0.957. The molecular formula is C43H54O7. The zero-order valence-corrected chi connectivity index (χ0v) is 30.3. The number of aliphatic hydroxyl groups is 2. The third kappa shape index (κ3) is 10.2. The summed E-state index contributed by atoms with van der Waals surface area (Å²) in [7, 11) is 0. The van der Waals surface area contributed by atoms with E-state index in [0.717, 1.165) is 46.2 Å². The lowest BCUT2D eigenvalue weighted by atomic mass is 9.76. The summed E-state index contributed by atoms with van der Waals surface area (Å²) in [6.45, 7) is 10.8. The summed E-state index contributed by atoms with van der Waals surface area (Å²) >= 11 is 0. The number of carbonyl (C=O) groups is 3. The van der Waals surface area contributed by atoms with Crippen LogP contribution in [0.5, 0.6) is 11.5 Å². The van der Waals surface area contributed by atoms with Crippen LogP contribution in [0.2, 0.25) is 0 Å². The fraction of sp³-hybridized carbons (Fsp3) is 0.465. The maximum absolute atomic E-state index is 12.9. The molecule has 0 aromatic heterocycles. The van der Waals surface area contributed by atoms with Gasteiger partial charge in [0.1, 0.15) is 11.5 Å². The second kappa shape index (κ2) is 18.8. The average molecular weight is 683 g/mol. The van der Waals surface area contributed by atoms with Crippen LogP contribution in [-0.4, -0.2) is 41.1 Å². The van der Waals surface area contributed by atoms with Gasteiger partial charge in [-0.15, -0.1) is 0 Å². The summed E-state index contributed by atoms with van der Waals surface area (Å²) in [5.41, 5.74) is 7.68. The third-order valence-electron chi connectivity index (χ3n) is 9.91. The first-order valence-electron chi connectivity index (χ1n) is 18.3. The Labute approximate surface area is 297 Å². The van der Waals surface area contributed by atoms with Crippen LogP contribution in [0.15, 0.2) is 60.7 Å². The van der Waals surface area contributed by atoms with E-state index >= 15 is 0 Å². The van der Waals surface area contributed by atoms with Gasteiger partial charge in [-0.1, -0.05) is 63.5 Å². The number of hydrogen-bond acceptors (Lipinski definition) is 7. The molecule has 1 aliphatic rings. The van der Waals surface area contributed by atoms with E-state index in [1.54, 1.807) is 13.0 Å². The van der Waals surface area contributed by atoms with Gasteiger partial charge in [0.05, 0.1) is 0 Å². The molecule has 0 aliphatic heterocycles. The molecule has 3 aromatic carbocycles. The molecule has 0 saturated heterocycles. The highest BCUT2D eigenvalue weighted by atomic mass is 16.5. The van der Waals surface area contributed by atoms with Crippen molar-refractivity contribution < 1.29 is 34.1 Å². The molecule has 0 amide bonds. The van der Waals surface area contributed by atoms with Gasteiger partial charge in [-0.2, -0.15) is 0 Å². The number of hydrogen-bond donors (Lipinski definition) is 2. The van der Waals surface area contributed by atoms with Crippen molar-refractivity contribution >= 4 is 17.7 Å². The van der Waals surface area contributed by atoms with Gasteiger partial charge in [0, 0.05) is 31.3 Å². The standard InChI is InChI=1S/C43H54O7/c1-6-7-8-11-31-14-16-32(17-15-31)33-18-20-37(29(4)24-33)36-26-39(38(13-10-23-45)41(27-36)50-42(47)28(2)3)34-19-21-40(49-43(48)30(5)46)35(25-34)12-9-22-44/h18-21,24-27,31-32,44-45H,2,6-17,22-23H2,1,3-5H3. The molecule has 7 heteroatoms. The highest BCUT2D eigenvalue weighted by Crippen LogP contribution is 2.42. The SMILES string of the molecule is C=C(C)C(=O)Oc1cc(-c2ccc(C3CCC(CCCCC)CC3)cc2C)cc(-c2ccc(OC(=O)C(C)=O)c(CCCO)c2)c1CCCO. The lowest BCUT2D eigenvalue weighted by Crippen LogP contribution is -2.17. The van der Waals surface area contributed by atoms with Crippen molar-refractivity contribution in [2.24, 2.45) is 5.92 Å². The number of carbonyl (C=O) groups excluding carboxylic acids is 3.